The molecule has 0 fully saturated rings. The normalized spacial score (nSPS) is 12.8. The summed E-state index contributed by atoms with van der Waals surface area (Å²) in [5.41, 5.74) is 0.271. The lowest BCUT2D eigenvalue weighted by atomic mass is 9.87. The number of aliphatic carboxylic acids is 1. The van der Waals surface area contributed by atoms with E-state index in [4.69, 9.17) is 5.11 Å². The highest BCUT2D eigenvalue weighted by atomic mass is 16.4. The molecule has 1 aromatic rings. The number of nitrogens with zero attached hydrogens (tertiary/aromatic N) is 2. The van der Waals surface area contributed by atoms with Gasteiger partial charge in [-0.1, -0.05) is 20.8 Å². The van der Waals surface area contributed by atoms with Crippen LogP contribution in [-0.2, 0) is 18.4 Å². The van der Waals surface area contributed by atoms with Crippen molar-refractivity contribution in [3.8, 4) is 0 Å². The summed E-state index contributed by atoms with van der Waals surface area (Å²) < 4.78 is 1.64. The maximum absolute atomic E-state index is 11.7. The molecule has 0 aliphatic carbocycles. The van der Waals surface area contributed by atoms with Crippen LogP contribution in [-0.4, -0.2) is 32.9 Å². The van der Waals surface area contributed by atoms with Gasteiger partial charge in [0.05, 0.1) is 12.2 Å². The zero-order valence-electron chi connectivity index (χ0n) is 11.6. The Morgan fingerprint density at radius 2 is 2.11 bits per heavy atom. The fourth-order valence-corrected chi connectivity index (χ4v) is 1.58. The van der Waals surface area contributed by atoms with Gasteiger partial charge in [-0.05, 0) is 11.5 Å². The fourth-order valence-electron chi connectivity index (χ4n) is 1.58. The van der Waals surface area contributed by atoms with Crippen LogP contribution in [0.2, 0.25) is 0 Å². The van der Waals surface area contributed by atoms with E-state index in [1.807, 2.05) is 0 Å². The zero-order chi connectivity index (χ0) is 14.6. The first kappa shape index (κ1) is 15.0. The molecule has 106 valence electrons. The predicted octanol–water partition coefficient (Wildman–Crippen LogP) is 0.719. The number of nitrogens with one attached hydrogen (secondary N) is 2. The number of aryl methyl sites for hydroxylation is 1. The molecule has 7 nitrogen and oxygen atoms in total. The highest BCUT2D eigenvalue weighted by molar-refractivity contribution is 5.83. The molecular weight excluding hydrogens is 248 g/mol. The topological polar surface area (TPSA) is 96.3 Å². The van der Waals surface area contributed by atoms with Crippen molar-refractivity contribution in [2.24, 2.45) is 12.5 Å². The first-order valence-corrected chi connectivity index (χ1v) is 5.96. The molecule has 7 heteroatoms. The predicted molar refractivity (Wildman–Crippen MR) is 69.5 cm³/mol. The number of urea groups is 1. The highest BCUT2D eigenvalue weighted by Gasteiger charge is 2.32. The molecule has 0 aliphatic heterocycles. The van der Waals surface area contributed by atoms with Gasteiger partial charge in [-0.3, -0.25) is 4.68 Å². The summed E-state index contributed by atoms with van der Waals surface area (Å²) in [6, 6.07) is 0.321. The molecule has 0 spiro atoms. The first-order chi connectivity index (χ1) is 8.71. The minimum absolute atomic E-state index is 0.290. The molecule has 3 N–H and O–H groups in total. The molecule has 0 radical (unpaired) electrons. The van der Waals surface area contributed by atoms with Crippen LogP contribution in [0.1, 0.15) is 26.5 Å². The Morgan fingerprint density at radius 3 is 2.53 bits per heavy atom. The largest absolute Gasteiger partial charge is 0.480 e. The van der Waals surface area contributed by atoms with E-state index in [1.54, 1.807) is 44.8 Å². The minimum atomic E-state index is -1.05. The van der Waals surface area contributed by atoms with Crippen molar-refractivity contribution in [1.82, 2.24) is 20.4 Å². The Bertz CT molecular complexity index is 462. The Kier molecular flexibility index (Phi) is 4.52. The van der Waals surface area contributed by atoms with Crippen molar-refractivity contribution in [3.63, 3.8) is 0 Å². The average molecular weight is 268 g/mol. The number of carboxylic acids is 1. The molecule has 19 heavy (non-hydrogen) atoms. The molecule has 2 amide bonds. The second kappa shape index (κ2) is 5.73. The summed E-state index contributed by atoms with van der Waals surface area (Å²) >= 11 is 0. The first-order valence-electron chi connectivity index (χ1n) is 5.96. The van der Waals surface area contributed by atoms with E-state index in [1.165, 1.54) is 0 Å². The lowest BCUT2D eigenvalue weighted by Gasteiger charge is -2.27. The Morgan fingerprint density at radius 1 is 1.47 bits per heavy atom. The van der Waals surface area contributed by atoms with Crippen LogP contribution in [0.5, 0.6) is 0 Å². The van der Waals surface area contributed by atoms with Crippen LogP contribution in [0.4, 0.5) is 4.79 Å². The standard InChI is InChI=1S/C12H20N4O3/c1-12(2,3)9(10(17)18)15-11(19)13-7-8-5-6-14-16(8)4/h5-6,9H,7H2,1-4H3,(H,17,18)(H2,13,15,19). The van der Waals surface area contributed by atoms with Crippen molar-refractivity contribution in [3.05, 3.63) is 18.0 Å². The van der Waals surface area contributed by atoms with E-state index in [2.05, 4.69) is 15.7 Å². The molecule has 1 aromatic heterocycles. The molecule has 1 heterocycles. The Labute approximate surface area is 112 Å². The summed E-state index contributed by atoms with van der Waals surface area (Å²) in [5.74, 6) is -1.05. The number of hydrogen-bond donors (Lipinski definition) is 3. The third-order valence-corrected chi connectivity index (χ3v) is 2.74. The van der Waals surface area contributed by atoms with Gasteiger partial charge in [-0.2, -0.15) is 5.10 Å². The van der Waals surface area contributed by atoms with E-state index in [9.17, 15) is 9.59 Å². The molecule has 0 bridgehead atoms. The molecule has 1 rings (SSSR count). The lowest BCUT2D eigenvalue weighted by Crippen LogP contribution is -2.52. The molecule has 0 saturated heterocycles. The lowest BCUT2D eigenvalue weighted by molar-refractivity contribution is -0.141. The van der Waals surface area contributed by atoms with E-state index in [0.29, 0.717) is 6.54 Å². The van der Waals surface area contributed by atoms with Crippen molar-refractivity contribution in [2.45, 2.75) is 33.4 Å². The van der Waals surface area contributed by atoms with Gasteiger partial charge in [0.15, 0.2) is 0 Å². The molecule has 1 atom stereocenters. The van der Waals surface area contributed by atoms with Gasteiger partial charge in [0.1, 0.15) is 6.04 Å². The molecule has 0 saturated carbocycles. The summed E-state index contributed by atoms with van der Waals surface area (Å²) in [4.78, 5) is 22.8. The molecular formula is C12H20N4O3. The highest BCUT2D eigenvalue weighted by Crippen LogP contribution is 2.19. The van der Waals surface area contributed by atoms with Crippen LogP contribution < -0.4 is 10.6 Å². The second-order valence-electron chi connectivity index (χ2n) is 5.41. The second-order valence-corrected chi connectivity index (χ2v) is 5.41. The Hall–Kier alpha value is -2.05. The van der Waals surface area contributed by atoms with Gasteiger partial charge in [0, 0.05) is 13.2 Å². The monoisotopic (exact) mass is 268 g/mol. The summed E-state index contributed by atoms with van der Waals surface area (Å²) in [6.07, 6.45) is 1.63. The van der Waals surface area contributed by atoms with E-state index in [-0.39, 0.29) is 0 Å². The van der Waals surface area contributed by atoms with E-state index >= 15 is 0 Å². The van der Waals surface area contributed by atoms with E-state index < -0.39 is 23.5 Å². The number of carboxylic acid groups (broad SMARTS) is 1. The smallest absolute Gasteiger partial charge is 0.326 e. The quantitative estimate of drug-likeness (QED) is 0.749. The molecule has 0 aromatic carbocycles. The molecule has 0 aliphatic rings. The third-order valence-electron chi connectivity index (χ3n) is 2.74. The van der Waals surface area contributed by atoms with Crippen LogP contribution >= 0.6 is 0 Å². The van der Waals surface area contributed by atoms with Gasteiger partial charge in [0.2, 0.25) is 0 Å². The zero-order valence-corrected chi connectivity index (χ0v) is 11.6. The summed E-state index contributed by atoms with van der Waals surface area (Å²) in [7, 11) is 1.77. The van der Waals surface area contributed by atoms with Crippen LogP contribution in [0.25, 0.3) is 0 Å². The van der Waals surface area contributed by atoms with Gasteiger partial charge >= 0.3 is 12.0 Å². The van der Waals surface area contributed by atoms with Crippen LogP contribution in [0.3, 0.4) is 0 Å². The number of aromatic nitrogens is 2. The van der Waals surface area contributed by atoms with Gasteiger partial charge < -0.3 is 15.7 Å². The van der Waals surface area contributed by atoms with Gasteiger partial charge in [-0.25, -0.2) is 9.59 Å². The number of hydrogen-bond acceptors (Lipinski definition) is 3. The van der Waals surface area contributed by atoms with Crippen molar-refractivity contribution in [2.75, 3.05) is 0 Å². The third kappa shape index (κ3) is 4.27. The Balaban J connectivity index is 2.55. The molecule has 1 unspecified atom stereocenters. The van der Waals surface area contributed by atoms with Gasteiger partial charge in [-0.15, -0.1) is 0 Å². The van der Waals surface area contributed by atoms with Gasteiger partial charge in [0.25, 0.3) is 0 Å². The van der Waals surface area contributed by atoms with Crippen molar-refractivity contribution < 1.29 is 14.7 Å². The number of amides is 2. The summed E-state index contributed by atoms with van der Waals surface area (Å²) in [6.45, 7) is 5.56. The van der Waals surface area contributed by atoms with Crippen LogP contribution in [0.15, 0.2) is 12.3 Å². The van der Waals surface area contributed by atoms with Crippen LogP contribution in [0, 0.1) is 5.41 Å². The number of carbonyl (C=O) groups is 2. The fraction of sp³-hybridized carbons (Fsp3) is 0.583. The van der Waals surface area contributed by atoms with Crippen molar-refractivity contribution in [1.29, 1.82) is 0 Å². The SMILES string of the molecule is Cn1nccc1CNC(=O)NC(C(=O)O)C(C)(C)C. The number of carbonyl (C=O) groups excluding carboxylic acids is 1. The average Bonchev–Trinajstić information content (AvgIpc) is 2.67. The maximum Gasteiger partial charge on any atom is 0.326 e. The maximum atomic E-state index is 11.7. The number of rotatable bonds is 4. The van der Waals surface area contributed by atoms with Crippen molar-refractivity contribution >= 4 is 12.0 Å². The minimum Gasteiger partial charge on any atom is -0.480 e. The summed E-state index contributed by atoms with van der Waals surface area (Å²) in [5, 5.41) is 18.1. The van der Waals surface area contributed by atoms with E-state index in [0.717, 1.165) is 5.69 Å².